The molecule has 3 heterocycles. The summed E-state index contributed by atoms with van der Waals surface area (Å²) in [6.45, 7) is 22.2. The van der Waals surface area contributed by atoms with Gasteiger partial charge in [0.1, 0.15) is 36.3 Å². The number of carbonyl (C=O) groups excluding carboxylic acids is 15. The predicted octanol–water partition coefficient (Wildman–Crippen LogP) is 6.51. The van der Waals surface area contributed by atoms with E-state index in [-0.39, 0.29) is 138 Å². The van der Waals surface area contributed by atoms with Gasteiger partial charge in [-0.25, -0.2) is 52.6 Å². The summed E-state index contributed by atoms with van der Waals surface area (Å²) in [6.07, 6.45) is 40.8. The number of urea groups is 3. The highest BCUT2D eigenvalue weighted by molar-refractivity contribution is 7.88. The van der Waals surface area contributed by atoms with Gasteiger partial charge in [0.05, 0.1) is 36.9 Å². The number of nitrogens with two attached hydrogens (primary N) is 2. The molecule has 42 heteroatoms. The van der Waals surface area contributed by atoms with E-state index in [0.29, 0.717) is 32.5 Å². The summed E-state index contributed by atoms with van der Waals surface area (Å²) in [5.74, 6) is -5.03. The molecule has 14 aliphatic rings. The summed E-state index contributed by atoms with van der Waals surface area (Å²) in [5, 5.41) is 28.9. The lowest BCUT2D eigenvalue weighted by Gasteiger charge is -2.37. The standard InChI is InChI=1S/C37H58N6O7S.C35H58N6O7S.C34H56N6O7S/c1-8-10-16-27(31(44)33(46)38-21-9-2)39-32(45)30-25-17-18-37(19-20-37)26(25)22-43(30)34(47)29(24-14-12-11-13-15-24)41-35(48)40-28(36(3,4)5)23-42(6)51(7,49)50;1-34(2,3)26(20-40(4)49(5,47)48)38-33(46)39-27(22-12-7-6-8-13-22)32(45)41-19-24-23(14-15-35(24)16-17-35)28(41)31(44)37-25(29(42)30(36)43)18-21-10-9-11-21;1-33(2,3)25(19-39(4)48(5,46)47)37-32(45)38-26(21-9-7-6-8-10-21)31(44)40-18-23-22(13-14-34(23)15-16-34)27(40)30(43)36-24(17-20-11-12-20)28(41)29(35)42/h1,9,24-30H,2,10-23H2,3-7H3,(H,38,46)(H,39,45)(H2,40,41,48);21-28H,6-20H2,1-5H3,(H2,36,43)(H,37,44)(H2,38,39,46);20-27H,6-19H2,1-5H3,(H2,35,42)(H,36,43)(H2,37,38,45)/t25-,26-,27?,28+,29-,30-;23-,24-,25?,26+,27-,28-;22-,23-,24?,25+,26-,27-/m000/s1. The first-order valence-electron chi connectivity index (χ1n) is 54.6. The summed E-state index contributed by atoms with van der Waals surface area (Å²) >= 11 is 0. The first-order chi connectivity index (χ1) is 69.2. The van der Waals surface area contributed by atoms with Gasteiger partial charge in [0.15, 0.2) is 0 Å². The number of nitrogens with one attached hydrogen (secondary N) is 10. The number of terminal acetylenes is 1. The number of ketones is 3. The first kappa shape index (κ1) is 118. The molecular formula is C106H172N18O21S3. The second-order valence-electron chi connectivity index (χ2n) is 49.6. The molecule has 0 aromatic heterocycles. The van der Waals surface area contributed by atoms with Crippen molar-refractivity contribution in [3.63, 3.8) is 0 Å². The summed E-state index contributed by atoms with van der Waals surface area (Å²) in [7, 11) is -6.09. The Morgan fingerprint density at radius 3 is 0.912 bits per heavy atom. The van der Waals surface area contributed by atoms with Crippen LogP contribution in [-0.2, 0) is 87.6 Å². The molecule has 3 aliphatic heterocycles. The summed E-state index contributed by atoms with van der Waals surface area (Å²) in [4.78, 5) is 208. The van der Waals surface area contributed by atoms with E-state index < -0.39 is 190 Å². The van der Waals surface area contributed by atoms with E-state index >= 15 is 0 Å². The number of sulfonamides is 3. The Kier molecular flexibility index (Phi) is 38.3. The van der Waals surface area contributed by atoms with Crippen molar-refractivity contribution in [1.82, 2.24) is 80.8 Å². The van der Waals surface area contributed by atoms with E-state index in [9.17, 15) is 97.2 Å². The number of likely N-dealkylation sites (tertiary alicyclic amines) is 3. The van der Waals surface area contributed by atoms with E-state index in [2.05, 4.69) is 65.7 Å². The van der Waals surface area contributed by atoms with E-state index in [1.165, 1.54) is 40.1 Å². The Hall–Kier alpha value is -8.92. The molecule has 3 spiro atoms. The van der Waals surface area contributed by atoms with Crippen molar-refractivity contribution < 1.29 is 97.2 Å². The lowest BCUT2D eigenvalue weighted by Crippen LogP contribution is -2.61. The zero-order valence-corrected chi connectivity index (χ0v) is 92.6. The van der Waals surface area contributed by atoms with Crippen LogP contribution in [0.2, 0.25) is 0 Å². The molecular weight excluding hydrogens is 1960 g/mol. The van der Waals surface area contributed by atoms with Crippen molar-refractivity contribution in [2.45, 2.75) is 366 Å². The molecule has 14 rings (SSSR count). The number of Topliss-reactive ketones (excluding diaryl/α,β-unsaturated/α-hetero) is 3. The summed E-state index contributed by atoms with van der Waals surface area (Å²) in [5.41, 5.74) is 9.62. The molecule has 148 heavy (non-hydrogen) atoms. The van der Waals surface area contributed by atoms with Gasteiger partial charge < -0.3 is 79.3 Å². The average molecular weight is 2130 g/mol. The predicted molar refractivity (Wildman–Crippen MR) is 558 cm³/mol. The number of rotatable bonds is 41. The second kappa shape index (κ2) is 48.2. The van der Waals surface area contributed by atoms with Gasteiger partial charge in [0, 0.05) is 91.5 Å². The van der Waals surface area contributed by atoms with Crippen LogP contribution in [0.25, 0.3) is 0 Å². The fourth-order valence-corrected chi connectivity index (χ4v) is 27.1. The molecule has 11 saturated carbocycles. The molecule has 3 saturated heterocycles. The van der Waals surface area contributed by atoms with Crippen molar-refractivity contribution in [3.8, 4) is 12.3 Å². The average Bonchev–Trinajstić information content (AvgIpc) is 1.56. The third-order valence-corrected chi connectivity index (χ3v) is 40.2. The lowest BCUT2D eigenvalue weighted by molar-refractivity contribution is -0.144. The van der Waals surface area contributed by atoms with Gasteiger partial charge in [-0.15, -0.1) is 18.9 Å². The van der Waals surface area contributed by atoms with Crippen LogP contribution in [0.3, 0.4) is 0 Å². The molecule has 14 fully saturated rings. The van der Waals surface area contributed by atoms with E-state index in [0.717, 1.165) is 224 Å². The topological polar surface area (TPSA) is 550 Å². The van der Waals surface area contributed by atoms with Crippen LogP contribution in [0.15, 0.2) is 12.7 Å². The van der Waals surface area contributed by atoms with Crippen molar-refractivity contribution in [3.05, 3.63) is 12.7 Å². The zero-order chi connectivity index (χ0) is 109. The Balaban J connectivity index is 0.000000197. The van der Waals surface area contributed by atoms with E-state index in [1.807, 2.05) is 62.3 Å². The van der Waals surface area contributed by atoms with Gasteiger partial charge in [-0.3, -0.25) is 57.5 Å². The zero-order valence-electron chi connectivity index (χ0n) is 90.2. The molecule has 14 N–H and O–H groups in total. The molecule has 830 valence electrons. The van der Waals surface area contributed by atoms with Crippen LogP contribution in [-0.4, -0.2) is 300 Å². The Morgan fingerprint density at radius 1 is 0.392 bits per heavy atom. The maximum atomic E-state index is 14.8. The van der Waals surface area contributed by atoms with Crippen LogP contribution < -0.4 is 64.6 Å². The minimum Gasteiger partial charge on any atom is -0.363 e. The van der Waals surface area contributed by atoms with Gasteiger partial charge in [0.25, 0.3) is 17.7 Å². The third kappa shape index (κ3) is 29.2. The number of amides is 15. The van der Waals surface area contributed by atoms with Crippen molar-refractivity contribution in [1.29, 1.82) is 0 Å². The highest BCUT2D eigenvalue weighted by Crippen LogP contribution is 2.69. The SMILES string of the molecule is C#CCCC(NC(=O)[C@@H]1[C@H]2CCC3(CC3)[C@H]2CN1C(=O)[C@@H](NC(=O)N[C@H](CN(C)S(C)(=O)=O)C(C)(C)C)C1CCCCC1)C(=O)C(=O)NCC=C.CN(C[C@@H](NC(=O)N[C@H](C(=O)N1C[C@H]2[C@H](CCC23CC3)[C@H]1C(=O)NC(CC1CC1)C(=O)C(N)=O)C1CCCCC1)C(C)(C)C)S(C)(=O)=O.CN(C[C@@H](NC(=O)N[C@H](C(=O)N1C[C@H]2[C@H](CCC23CC3)[C@H]1C(=O)NC(CC1CCC1)C(=O)C(N)=O)C1CCCCC1)C(C)(C)C)S(C)(=O)=O. The molecule has 0 aromatic carbocycles. The quantitative estimate of drug-likeness (QED) is 0.0176. The number of carbonyl (C=O) groups is 15. The monoisotopic (exact) mass is 2130 g/mol. The fraction of sp³-hybridized carbons (Fsp3) is 0.821. The minimum absolute atomic E-state index is 0.0444. The molecule has 11 aliphatic carbocycles. The molecule has 0 bridgehead atoms. The second-order valence-corrected chi connectivity index (χ2v) is 55.9. The first-order valence-corrected chi connectivity index (χ1v) is 60.1. The number of likely N-dealkylation sites (N-methyl/N-ethyl adjacent to an activating group) is 3. The van der Waals surface area contributed by atoms with Crippen molar-refractivity contribution >= 4 is 119 Å². The van der Waals surface area contributed by atoms with Crippen LogP contribution in [0.1, 0.15) is 293 Å². The van der Waals surface area contributed by atoms with Crippen LogP contribution >= 0.6 is 0 Å². The number of hydrogen-bond acceptors (Lipinski definition) is 21. The van der Waals surface area contributed by atoms with Gasteiger partial charge in [-0.05, 0) is 232 Å². The Labute approximate surface area is 877 Å². The fourth-order valence-electron chi connectivity index (χ4n) is 25.8. The van der Waals surface area contributed by atoms with Crippen LogP contribution in [0.4, 0.5) is 14.4 Å². The van der Waals surface area contributed by atoms with Gasteiger partial charge >= 0.3 is 18.1 Å². The summed E-state index contributed by atoms with van der Waals surface area (Å²) < 4.78 is 76.8. The lowest BCUT2D eigenvalue weighted by atomic mass is 9.80. The molecule has 0 aromatic rings. The number of hydrogen-bond donors (Lipinski definition) is 12. The van der Waals surface area contributed by atoms with Gasteiger partial charge in [0.2, 0.25) is 82.9 Å². The maximum absolute atomic E-state index is 14.8. The molecule has 18 atom stereocenters. The van der Waals surface area contributed by atoms with Gasteiger partial charge in [-0.2, -0.15) is 0 Å². The number of nitrogens with zero attached hydrogens (tertiary/aromatic N) is 6. The highest BCUT2D eigenvalue weighted by Gasteiger charge is 2.68. The Morgan fingerprint density at radius 2 is 0.676 bits per heavy atom. The van der Waals surface area contributed by atoms with E-state index in [1.54, 1.807) is 14.7 Å². The maximum Gasteiger partial charge on any atom is 0.315 e. The molecule has 39 nitrogen and oxygen atoms in total. The van der Waals surface area contributed by atoms with Crippen molar-refractivity contribution in [2.24, 2.45) is 109 Å². The van der Waals surface area contributed by atoms with E-state index in [4.69, 9.17) is 17.9 Å². The molecule has 0 radical (unpaired) electrons. The van der Waals surface area contributed by atoms with Crippen LogP contribution in [0.5, 0.6) is 0 Å². The molecule has 3 unspecified atom stereocenters. The summed E-state index contributed by atoms with van der Waals surface area (Å²) in [6, 6.07) is -11.8. The normalized spacial score (nSPS) is 26.2. The van der Waals surface area contributed by atoms with Crippen LogP contribution in [0, 0.1) is 110 Å². The number of primary amides is 2. The Bertz CT molecular complexity index is 5290. The molecule has 15 amide bonds. The number of fused-ring (bicyclic) bond motifs is 6. The smallest absolute Gasteiger partial charge is 0.315 e. The minimum atomic E-state index is -3.51. The van der Waals surface area contributed by atoms with Crippen molar-refractivity contribution in [2.75, 3.05) is 85.7 Å². The van der Waals surface area contributed by atoms with Gasteiger partial charge in [-0.1, -0.05) is 158 Å². The largest absolute Gasteiger partial charge is 0.363 e. The highest BCUT2D eigenvalue weighted by atomic mass is 32.2. The third-order valence-electron chi connectivity index (χ3n) is 36.3.